The van der Waals surface area contributed by atoms with Gasteiger partial charge in [-0.1, -0.05) is 52.9 Å². The lowest BCUT2D eigenvalue weighted by Gasteiger charge is -2.31. The van der Waals surface area contributed by atoms with E-state index in [9.17, 15) is 5.11 Å². The zero-order valence-corrected chi connectivity index (χ0v) is 14.9. The third-order valence-electron chi connectivity index (χ3n) is 4.49. The van der Waals surface area contributed by atoms with Gasteiger partial charge in [0.2, 0.25) is 0 Å². The Morgan fingerprint density at radius 1 is 0.737 bits per heavy atom. The minimum atomic E-state index is -1.10. The molecule has 0 heterocycles. The van der Waals surface area contributed by atoms with E-state index in [4.69, 9.17) is 0 Å². The number of aliphatic hydroxyl groups excluding tert-OH is 1. The van der Waals surface area contributed by atoms with Crippen molar-refractivity contribution in [3.8, 4) is 0 Å². The zero-order valence-electron chi connectivity index (χ0n) is 14.0. The van der Waals surface area contributed by atoms with Crippen LogP contribution in [0.5, 0.6) is 0 Å². The van der Waals surface area contributed by atoms with Crippen molar-refractivity contribution < 1.29 is 5.11 Å². The van der Waals surface area contributed by atoms with Crippen LogP contribution in [-0.4, -0.2) is 29.4 Å². The fraction of sp³-hybridized carbons (Fsp3) is 1.00. The molecule has 1 N–H and O–H groups in total. The van der Waals surface area contributed by atoms with Crippen LogP contribution in [0, 0.1) is 0 Å². The van der Waals surface area contributed by atoms with E-state index in [2.05, 4.69) is 27.7 Å². The number of hydrogen-bond acceptors (Lipinski definition) is 1. The van der Waals surface area contributed by atoms with E-state index in [1.165, 1.54) is 69.9 Å². The van der Waals surface area contributed by atoms with Crippen LogP contribution in [0.4, 0.5) is 0 Å². The van der Waals surface area contributed by atoms with E-state index in [0.29, 0.717) is 0 Å². The first-order valence-electron chi connectivity index (χ1n) is 8.70. The Kier molecular flexibility index (Phi) is 12.4. The van der Waals surface area contributed by atoms with Crippen LogP contribution in [-0.2, 0) is 0 Å². The van der Waals surface area contributed by atoms with Crippen LogP contribution >= 0.6 is 7.26 Å². The van der Waals surface area contributed by atoms with Crippen molar-refractivity contribution in [2.45, 2.75) is 91.3 Å². The molecule has 0 aromatic rings. The molecule has 0 aromatic carbocycles. The second-order valence-electron chi connectivity index (χ2n) is 6.02. The highest BCUT2D eigenvalue weighted by atomic mass is 31.2. The Morgan fingerprint density at radius 2 is 1.21 bits per heavy atom. The van der Waals surface area contributed by atoms with Crippen LogP contribution in [0.1, 0.15) is 85.5 Å². The average molecular weight is 289 g/mol. The van der Waals surface area contributed by atoms with Crippen LogP contribution in [0.15, 0.2) is 0 Å². The molecule has 0 saturated carbocycles. The molecule has 0 aliphatic rings. The lowest BCUT2D eigenvalue weighted by molar-refractivity contribution is 0.238. The molecule has 0 bridgehead atoms. The molecule has 0 radical (unpaired) electrons. The van der Waals surface area contributed by atoms with E-state index in [0.717, 1.165) is 6.42 Å². The second-order valence-corrected chi connectivity index (χ2v) is 10.6. The molecule has 0 rings (SSSR count). The van der Waals surface area contributed by atoms with Crippen molar-refractivity contribution in [3.63, 3.8) is 0 Å². The summed E-state index contributed by atoms with van der Waals surface area (Å²) in [7, 11) is -1.10. The quantitative estimate of drug-likeness (QED) is 0.330. The molecule has 1 unspecified atom stereocenters. The van der Waals surface area contributed by atoms with Crippen LogP contribution < -0.4 is 0 Å². The molecule has 0 aliphatic carbocycles. The largest absolute Gasteiger partial charge is 0.359 e. The molecule has 0 fully saturated rings. The third kappa shape index (κ3) is 7.66. The first-order chi connectivity index (χ1) is 9.16. The highest BCUT2D eigenvalue weighted by Gasteiger charge is 2.41. The van der Waals surface area contributed by atoms with Crippen molar-refractivity contribution in [1.82, 2.24) is 0 Å². The number of rotatable bonds is 13. The highest BCUT2D eigenvalue weighted by Crippen LogP contribution is 2.64. The number of unbranched alkanes of at least 4 members (excludes halogenated alkanes) is 5. The average Bonchev–Trinajstić information content (AvgIpc) is 2.43. The summed E-state index contributed by atoms with van der Waals surface area (Å²) >= 11 is 0. The van der Waals surface area contributed by atoms with Gasteiger partial charge in [0.05, 0.1) is 18.5 Å². The van der Waals surface area contributed by atoms with Crippen LogP contribution in [0.25, 0.3) is 0 Å². The molecule has 1 atom stereocenters. The highest BCUT2D eigenvalue weighted by molar-refractivity contribution is 7.76. The van der Waals surface area contributed by atoms with E-state index in [1.807, 2.05) is 0 Å². The smallest absolute Gasteiger partial charge is 0.164 e. The van der Waals surface area contributed by atoms with Gasteiger partial charge in [-0.25, -0.2) is 0 Å². The van der Waals surface area contributed by atoms with Crippen molar-refractivity contribution in [3.05, 3.63) is 0 Å². The third-order valence-corrected chi connectivity index (χ3v) is 9.69. The molecule has 2 heteroatoms. The van der Waals surface area contributed by atoms with E-state index in [1.54, 1.807) is 0 Å². The monoisotopic (exact) mass is 289 g/mol. The normalized spacial score (nSPS) is 13.7. The van der Waals surface area contributed by atoms with Gasteiger partial charge >= 0.3 is 0 Å². The zero-order chi connectivity index (χ0) is 14.6. The Bertz CT molecular complexity index is 184. The summed E-state index contributed by atoms with van der Waals surface area (Å²) in [5.74, 6) is 0.0335. The lowest BCUT2D eigenvalue weighted by atomic mass is 10.3. The summed E-state index contributed by atoms with van der Waals surface area (Å²) in [4.78, 5) is 0. The van der Waals surface area contributed by atoms with E-state index >= 15 is 0 Å². The molecule has 0 saturated heterocycles. The molecule has 116 valence electrons. The van der Waals surface area contributed by atoms with Crippen molar-refractivity contribution in [1.29, 1.82) is 0 Å². The summed E-state index contributed by atoms with van der Waals surface area (Å²) in [6, 6.07) is 0. The second kappa shape index (κ2) is 12.2. The van der Waals surface area contributed by atoms with Crippen molar-refractivity contribution >= 4 is 7.26 Å². The summed E-state index contributed by atoms with van der Waals surface area (Å²) in [6.45, 7) is 9.11. The minimum Gasteiger partial charge on any atom is -0.359 e. The van der Waals surface area contributed by atoms with Gasteiger partial charge in [-0.3, -0.25) is 0 Å². The standard InChI is InChI=1S/C17H38OP/c1-5-9-12-15-19(8-4,16-13-10-6-2)17(18)14-11-7-3/h17-18H,5-16H2,1-4H3/q+1. The van der Waals surface area contributed by atoms with Gasteiger partial charge < -0.3 is 5.11 Å². The van der Waals surface area contributed by atoms with Crippen LogP contribution in [0.3, 0.4) is 0 Å². The predicted octanol–water partition coefficient (Wildman–Crippen LogP) is 5.91. The molecule has 0 amide bonds. The SMILES string of the molecule is CCCCC[P+](CC)(CCCCC)C(O)CCCC. The predicted molar refractivity (Wildman–Crippen MR) is 91.8 cm³/mol. The Hall–Kier alpha value is 0.390. The van der Waals surface area contributed by atoms with Gasteiger partial charge in [-0.05, 0) is 26.2 Å². The molecular formula is C17H38OP+. The molecular weight excluding hydrogens is 251 g/mol. The number of hydrogen-bond donors (Lipinski definition) is 1. The molecule has 0 aromatic heterocycles. The van der Waals surface area contributed by atoms with Gasteiger partial charge in [0, 0.05) is 13.7 Å². The minimum absolute atomic E-state index is 0.0335. The summed E-state index contributed by atoms with van der Waals surface area (Å²) in [5.41, 5.74) is 0. The fourth-order valence-corrected chi connectivity index (χ4v) is 7.26. The van der Waals surface area contributed by atoms with Gasteiger partial charge in [0.15, 0.2) is 5.85 Å². The maximum atomic E-state index is 10.7. The summed E-state index contributed by atoms with van der Waals surface area (Å²) in [6.07, 6.45) is 15.4. The van der Waals surface area contributed by atoms with Gasteiger partial charge in [-0.2, -0.15) is 0 Å². The maximum Gasteiger partial charge on any atom is 0.164 e. The first kappa shape index (κ1) is 19.4. The Labute approximate surface area is 122 Å². The summed E-state index contributed by atoms with van der Waals surface area (Å²) in [5, 5.41) is 10.7. The molecule has 19 heavy (non-hydrogen) atoms. The summed E-state index contributed by atoms with van der Waals surface area (Å²) < 4.78 is 0. The molecule has 0 aliphatic heterocycles. The fourth-order valence-electron chi connectivity index (χ4n) is 2.95. The van der Waals surface area contributed by atoms with E-state index in [-0.39, 0.29) is 5.85 Å². The topological polar surface area (TPSA) is 20.2 Å². The van der Waals surface area contributed by atoms with Crippen LogP contribution in [0.2, 0.25) is 0 Å². The maximum absolute atomic E-state index is 10.7. The first-order valence-corrected chi connectivity index (χ1v) is 11.1. The Balaban J connectivity index is 4.52. The number of aliphatic hydroxyl groups is 1. The van der Waals surface area contributed by atoms with Crippen molar-refractivity contribution in [2.75, 3.05) is 18.5 Å². The van der Waals surface area contributed by atoms with Crippen molar-refractivity contribution in [2.24, 2.45) is 0 Å². The van der Waals surface area contributed by atoms with Gasteiger partial charge in [0.1, 0.15) is 0 Å². The Morgan fingerprint density at radius 3 is 1.58 bits per heavy atom. The molecule has 0 spiro atoms. The van der Waals surface area contributed by atoms with Gasteiger partial charge in [0.25, 0.3) is 0 Å². The lowest BCUT2D eigenvalue weighted by Crippen LogP contribution is -2.21. The van der Waals surface area contributed by atoms with Gasteiger partial charge in [-0.15, -0.1) is 0 Å². The molecule has 1 nitrogen and oxygen atoms in total. The van der Waals surface area contributed by atoms with E-state index < -0.39 is 7.26 Å².